The van der Waals surface area contributed by atoms with Crippen LogP contribution < -0.4 is 4.74 Å². The number of halogens is 2. The third-order valence-corrected chi connectivity index (χ3v) is 4.00. The number of carbonyl (C=O) groups is 2. The predicted molar refractivity (Wildman–Crippen MR) is 107 cm³/mol. The second-order valence-electron chi connectivity index (χ2n) is 6.31. The number of Topliss-reactive ketones (excluding diaryl/α,β-unsaturated/α-hetero) is 1. The standard InChI is InChI=1S/C15H13FO3.C8H7FO2/c1-19-12-5-6-13(15(18)9-12)14(17)8-10-3-2-4-11(16)7-10;9-7-3-1-2-6(4-7)5-8(10)11/h2-7,9,18H,8H2,1H3;1-4H,5H2,(H,10,11). The van der Waals surface area contributed by atoms with Gasteiger partial charge in [-0.2, -0.15) is 0 Å². The maximum Gasteiger partial charge on any atom is 0.307 e. The molecule has 3 aromatic rings. The number of ketones is 1. The fourth-order valence-corrected chi connectivity index (χ4v) is 2.62. The largest absolute Gasteiger partial charge is 0.507 e. The average molecular weight is 414 g/mol. The Kier molecular flexibility index (Phi) is 8.05. The van der Waals surface area contributed by atoms with Crippen LogP contribution in [0.3, 0.4) is 0 Å². The van der Waals surface area contributed by atoms with Crippen molar-refractivity contribution in [2.75, 3.05) is 7.11 Å². The first-order valence-corrected chi connectivity index (χ1v) is 8.89. The van der Waals surface area contributed by atoms with Gasteiger partial charge in [0.1, 0.15) is 23.1 Å². The van der Waals surface area contributed by atoms with E-state index in [0.717, 1.165) is 0 Å². The minimum absolute atomic E-state index is 0.0393. The van der Waals surface area contributed by atoms with Crippen molar-refractivity contribution >= 4 is 11.8 Å². The molecule has 0 saturated carbocycles. The highest BCUT2D eigenvalue weighted by Gasteiger charge is 2.13. The van der Waals surface area contributed by atoms with Gasteiger partial charge in [-0.25, -0.2) is 8.78 Å². The van der Waals surface area contributed by atoms with E-state index in [1.54, 1.807) is 24.3 Å². The van der Waals surface area contributed by atoms with Gasteiger partial charge in [-0.05, 0) is 47.5 Å². The van der Waals surface area contributed by atoms with Gasteiger partial charge in [0.25, 0.3) is 0 Å². The van der Waals surface area contributed by atoms with E-state index in [1.165, 1.54) is 49.6 Å². The third kappa shape index (κ3) is 7.01. The van der Waals surface area contributed by atoms with E-state index in [4.69, 9.17) is 9.84 Å². The monoisotopic (exact) mass is 414 g/mol. The second kappa shape index (κ2) is 10.7. The molecule has 0 saturated heterocycles. The van der Waals surface area contributed by atoms with Crippen LogP contribution in [0.25, 0.3) is 0 Å². The minimum atomic E-state index is -0.949. The van der Waals surface area contributed by atoms with Gasteiger partial charge in [-0.1, -0.05) is 24.3 Å². The molecule has 0 fully saturated rings. The van der Waals surface area contributed by atoms with E-state index in [9.17, 15) is 23.5 Å². The summed E-state index contributed by atoms with van der Waals surface area (Å²) < 4.78 is 30.4. The van der Waals surface area contributed by atoms with Crippen LogP contribution in [-0.2, 0) is 17.6 Å². The number of hydrogen-bond acceptors (Lipinski definition) is 4. The lowest BCUT2D eigenvalue weighted by Gasteiger charge is -2.06. The summed E-state index contributed by atoms with van der Waals surface area (Å²) in [7, 11) is 1.48. The number of benzene rings is 3. The molecule has 0 radical (unpaired) electrons. The molecule has 0 amide bonds. The minimum Gasteiger partial charge on any atom is -0.507 e. The van der Waals surface area contributed by atoms with Crippen LogP contribution in [0.15, 0.2) is 66.7 Å². The molecular formula is C23H20F2O5. The van der Waals surface area contributed by atoms with Gasteiger partial charge < -0.3 is 14.9 Å². The normalized spacial score (nSPS) is 9.97. The lowest BCUT2D eigenvalue weighted by molar-refractivity contribution is -0.136. The molecule has 2 N–H and O–H groups in total. The number of rotatable bonds is 6. The van der Waals surface area contributed by atoms with Crippen molar-refractivity contribution < 1.29 is 33.3 Å². The van der Waals surface area contributed by atoms with Crippen molar-refractivity contribution in [3.05, 3.63) is 95.1 Å². The molecule has 156 valence electrons. The Morgan fingerprint density at radius 1 is 0.867 bits per heavy atom. The van der Waals surface area contributed by atoms with Crippen LogP contribution in [0.2, 0.25) is 0 Å². The number of phenolic OH excluding ortho intramolecular Hbond substituents is 1. The molecule has 0 aliphatic heterocycles. The quantitative estimate of drug-likeness (QED) is 0.584. The number of carboxylic acids is 1. The van der Waals surface area contributed by atoms with Crippen LogP contribution in [0.5, 0.6) is 11.5 Å². The van der Waals surface area contributed by atoms with Crippen molar-refractivity contribution in [1.29, 1.82) is 0 Å². The summed E-state index contributed by atoms with van der Waals surface area (Å²) in [4.78, 5) is 22.2. The van der Waals surface area contributed by atoms with Crippen molar-refractivity contribution in [3.8, 4) is 11.5 Å². The number of aromatic hydroxyl groups is 1. The lowest BCUT2D eigenvalue weighted by Crippen LogP contribution is -2.04. The van der Waals surface area contributed by atoms with Gasteiger partial charge in [-0.15, -0.1) is 0 Å². The second-order valence-corrected chi connectivity index (χ2v) is 6.31. The van der Waals surface area contributed by atoms with Gasteiger partial charge in [0, 0.05) is 12.5 Å². The number of aliphatic carboxylic acids is 1. The fourth-order valence-electron chi connectivity index (χ4n) is 2.62. The molecule has 0 spiro atoms. The Morgan fingerprint density at radius 2 is 1.43 bits per heavy atom. The highest BCUT2D eigenvalue weighted by atomic mass is 19.1. The Bertz CT molecular complexity index is 1030. The van der Waals surface area contributed by atoms with Crippen molar-refractivity contribution in [3.63, 3.8) is 0 Å². The maximum atomic E-state index is 13.0. The lowest BCUT2D eigenvalue weighted by atomic mass is 10.0. The number of carbonyl (C=O) groups excluding carboxylic acids is 1. The van der Waals surface area contributed by atoms with Crippen LogP contribution in [0.4, 0.5) is 8.78 Å². The SMILES string of the molecule is COc1ccc(C(=O)Cc2cccc(F)c2)c(O)c1.O=C(O)Cc1cccc(F)c1. The van der Waals surface area contributed by atoms with Gasteiger partial charge in [0.2, 0.25) is 0 Å². The Hall–Kier alpha value is -3.74. The van der Waals surface area contributed by atoms with Gasteiger partial charge in [0.05, 0.1) is 19.1 Å². The van der Waals surface area contributed by atoms with Gasteiger partial charge in [0.15, 0.2) is 5.78 Å². The number of carboxylic acid groups (broad SMARTS) is 1. The summed E-state index contributed by atoms with van der Waals surface area (Å²) in [5.74, 6) is -1.67. The van der Waals surface area contributed by atoms with E-state index in [1.807, 2.05) is 0 Å². The molecule has 3 aromatic carbocycles. The number of methoxy groups -OCH3 is 1. The summed E-state index contributed by atoms with van der Waals surface area (Å²) in [5, 5.41) is 18.1. The molecule has 0 unspecified atom stereocenters. The molecule has 0 aliphatic rings. The topological polar surface area (TPSA) is 83.8 Å². The van der Waals surface area contributed by atoms with Crippen molar-refractivity contribution in [1.82, 2.24) is 0 Å². The smallest absolute Gasteiger partial charge is 0.307 e. The van der Waals surface area contributed by atoms with E-state index in [2.05, 4.69) is 0 Å². The zero-order valence-corrected chi connectivity index (χ0v) is 16.1. The molecule has 0 atom stereocenters. The number of hydrogen-bond donors (Lipinski definition) is 2. The Balaban J connectivity index is 0.000000248. The summed E-state index contributed by atoms with van der Waals surface area (Å²) in [6.45, 7) is 0. The van der Waals surface area contributed by atoms with Crippen LogP contribution in [0, 0.1) is 11.6 Å². The van der Waals surface area contributed by atoms with Crippen molar-refractivity contribution in [2.45, 2.75) is 12.8 Å². The molecule has 0 aromatic heterocycles. The Morgan fingerprint density at radius 3 is 1.90 bits per heavy atom. The number of ether oxygens (including phenoxy) is 1. The van der Waals surface area contributed by atoms with Crippen LogP contribution in [-0.4, -0.2) is 29.1 Å². The fraction of sp³-hybridized carbons (Fsp3) is 0.130. The zero-order chi connectivity index (χ0) is 22.1. The summed E-state index contributed by atoms with van der Waals surface area (Å²) >= 11 is 0. The molecule has 7 heteroatoms. The molecule has 0 bridgehead atoms. The summed E-state index contributed by atoms with van der Waals surface area (Å²) in [6, 6.07) is 15.9. The molecule has 0 aliphatic carbocycles. The summed E-state index contributed by atoms with van der Waals surface area (Å²) in [6.07, 6.45) is -0.0879. The maximum absolute atomic E-state index is 13.0. The van der Waals surface area contributed by atoms with Gasteiger partial charge >= 0.3 is 5.97 Å². The Labute approximate surface area is 172 Å². The van der Waals surface area contributed by atoms with Crippen LogP contribution in [0.1, 0.15) is 21.5 Å². The third-order valence-electron chi connectivity index (χ3n) is 4.00. The molecule has 3 rings (SSSR count). The molecule has 30 heavy (non-hydrogen) atoms. The highest BCUT2D eigenvalue weighted by molar-refractivity contribution is 6.00. The first kappa shape index (κ1) is 22.5. The number of phenols is 1. The zero-order valence-electron chi connectivity index (χ0n) is 16.1. The molecule has 5 nitrogen and oxygen atoms in total. The van der Waals surface area contributed by atoms with Gasteiger partial charge in [-0.3, -0.25) is 9.59 Å². The summed E-state index contributed by atoms with van der Waals surface area (Å²) in [5.41, 5.74) is 1.25. The molecule has 0 heterocycles. The van der Waals surface area contributed by atoms with E-state index < -0.39 is 11.8 Å². The molecular weight excluding hydrogens is 394 g/mol. The van der Waals surface area contributed by atoms with Crippen molar-refractivity contribution in [2.24, 2.45) is 0 Å². The van der Waals surface area contributed by atoms with E-state index in [-0.39, 0.29) is 35.8 Å². The first-order valence-electron chi connectivity index (χ1n) is 8.89. The van der Waals surface area contributed by atoms with Crippen LogP contribution >= 0.6 is 0 Å². The highest BCUT2D eigenvalue weighted by Crippen LogP contribution is 2.24. The van der Waals surface area contributed by atoms with E-state index >= 15 is 0 Å². The average Bonchev–Trinajstić information content (AvgIpc) is 2.67. The predicted octanol–water partition coefficient (Wildman–Crippen LogP) is 4.42. The van der Waals surface area contributed by atoms with E-state index in [0.29, 0.717) is 16.9 Å². The first-order chi connectivity index (χ1) is 14.3.